The fourth-order valence-electron chi connectivity index (χ4n) is 1.58. The first kappa shape index (κ1) is 11.3. The van der Waals surface area contributed by atoms with E-state index in [1.54, 1.807) is 0 Å². The lowest BCUT2D eigenvalue weighted by Gasteiger charge is -2.09. The van der Waals surface area contributed by atoms with Crippen LogP contribution in [0.1, 0.15) is 27.2 Å². The molecule has 0 bridgehead atoms. The van der Waals surface area contributed by atoms with Crippen molar-refractivity contribution in [2.75, 3.05) is 0 Å². The molecule has 80 valence electrons. The van der Waals surface area contributed by atoms with Gasteiger partial charge in [-0.25, -0.2) is 8.78 Å². The second-order valence-corrected chi connectivity index (χ2v) is 4.57. The summed E-state index contributed by atoms with van der Waals surface area (Å²) < 4.78 is 24.0. The van der Waals surface area contributed by atoms with Crippen LogP contribution in [0.3, 0.4) is 0 Å². The molecule has 0 spiro atoms. The lowest BCUT2D eigenvalue weighted by molar-refractivity contribution is -0.140. The second kappa shape index (κ2) is 3.41. The van der Waals surface area contributed by atoms with E-state index in [1.807, 2.05) is 13.8 Å². The molecule has 0 heterocycles. The molecule has 0 aromatic rings. The van der Waals surface area contributed by atoms with E-state index in [0.29, 0.717) is 6.42 Å². The summed E-state index contributed by atoms with van der Waals surface area (Å²) in [7, 11) is 0. The summed E-state index contributed by atoms with van der Waals surface area (Å²) in [6.45, 7) is 5.06. The normalized spacial score (nSPS) is 26.0. The maximum atomic E-state index is 12.0. The molecule has 0 amide bonds. The fourth-order valence-corrected chi connectivity index (χ4v) is 1.58. The Balaban J connectivity index is 2.59. The summed E-state index contributed by atoms with van der Waals surface area (Å²) in [5.41, 5.74) is -0.103. The molecule has 2 nitrogen and oxygen atoms in total. The molecular weight excluding hydrogens is 190 g/mol. The summed E-state index contributed by atoms with van der Waals surface area (Å²) in [5, 5.41) is 0. The standard InChI is InChI=1S/C10H14F2O2/c1-5(8(14)9(11)12)7(13)6-4-10(6,2)3/h5-6,9H,4H2,1-3H3. The van der Waals surface area contributed by atoms with E-state index < -0.39 is 18.1 Å². The predicted octanol–water partition coefficient (Wildman–Crippen LogP) is 2.07. The van der Waals surface area contributed by atoms with Gasteiger partial charge < -0.3 is 0 Å². The Hall–Kier alpha value is -0.800. The minimum Gasteiger partial charge on any atom is -0.299 e. The lowest BCUT2D eigenvalue weighted by Crippen LogP contribution is -2.28. The molecule has 1 aliphatic carbocycles. The van der Waals surface area contributed by atoms with Gasteiger partial charge in [0.25, 0.3) is 6.43 Å². The third-order valence-corrected chi connectivity index (χ3v) is 2.93. The topological polar surface area (TPSA) is 34.1 Å². The van der Waals surface area contributed by atoms with Crippen LogP contribution in [0.4, 0.5) is 8.78 Å². The first-order valence-corrected chi connectivity index (χ1v) is 4.63. The van der Waals surface area contributed by atoms with Crippen LogP contribution < -0.4 is 0 Å². The van der Waals surface area contributed by atoms with Gasteiger partial charge in [-0.15, -0.1) is 0 Å². The molecule has 0 aromatic heterocycles. The van der Waals surface area contributed by atoms with Gasteiger partial charge in [-0.1, -0.05) is 13.8 Å². The van der Waals surface area contributed by atoms with Gasteiger partial charge in [0.1, 0.15) is 5.78 Å². The number of hydrogen-bond acceptors (Lipinski definition) is 2. The molecule has 4 heteroatoms. The quantitative estimate of drug-likeness (QED) is 0.657. The largest absolute Gasteiger partial charge is 0.299 e. The number of carbonyl (C=O) groups excluding carboxylic acids is 2. The maximum Gasteiger partial charge on any atom is 0.296 e. The smallest absolute Gasteiger partial charge is 0.296 e. The Morgan fingerprint density at radius 1 is 1.36 bits per heavy atom. The molecule has 2 atom stereocenters. The van der Waals surface area contributed by atoms with Crippen molar-refractivity contribution in [2.24, 2.45) is 17.3 Å². The van der Waals surface area contributed by atoms with Crippen LogP contribution in [0, 0.1) is 17.3 Å². The summed E-state index contributed by atoms with van der Waals surface area (Å²) in [5.74, 6) is -2.94. The van der Waals surface area contributed by atoms with Gasteiger partial charge in [0.15, 0.2) is 0 Å². The average Bonchev–Trinajstić information content (AvgIpc) is 2.71. The minimum atomic E-state index is -3.03. The Labute approximate surface area is 81.7 Å². The van der Waals surface area contributed by atoms with Crippen molar-refractivity contribution >= 4 is 11.6 Å². The highest BCUT2D eigenvalue weighted by Gasteiger charge is 2.52. The first-order chi connectivity index (χ1) is 6.27. The summed E-state index contributed by atoms with van der Waals surface area (Å²) in [6, 6.07) is 0. The zero-order valence-electron chi connectivity index (χ0n) is 8.51. The van der Waals surface area contributed by atoms with Gasteiger partial charge in [-0.2, -0.15) is 0 Å². The van der Waals surface area contributed by atoms with E-state index in [0.717, 1.165) is 0 Å². The molecule has 2 unspecified atom stereocenters. The van der Waals surface area contributed by atoms with Gasteiger partial charge in [0, 0.05) is 5.92 Å². The molecule has 1 fully saturated rings. The number of ketones is 2. The predicted molar refractivity (Wildman–Crippen MR) is 47.1 cm³/mol. The van der Waals surface area contributed by atoms with E-state index >= 15 is 0 Å². The van der Waals surface area contributed by atoms with Crippen LogP contribution in [0.2, 0.25) is 0 Å². The highest BCUT2D eigenvalue weighted by molar-refractivity contribution is 6.05. The van der Waals surface area contributed by atoms with Gasteiger partial charge in [-0.3, -0.25) is 9.59 Å². The van der Waals surface area contributed by atoms with Gasteiger partial charge in [0.05, 0.1) is 5.92 Å². The molecule has 0 aliphatic heterocycles. The van der Waals surface area contributed by atoms with E-state index in [1.165, 1.54) is 6.92 Å². The third-order valence-electron chi connectivity index (χ3n) is 2.93. The summed E-state index contributed by atoms with van der Waals surface area (Å²) in [6.07, 6.45) is -2.33. The lowest BCUT2D eigenvalue weighted by atomic mass is 9.94. The fraction of sp³-hybridized carbons (Fsp3) is 0.800. The molecule has 14 heavy (non-hydrogen) atoms. The molecule has 0 N–H and O–H groups in total. The number of carbonyl (C=O) groups is 2. The van der Waals surface area contributed by atoms with E-state index in [4.69, 9.17) is 0 Å². The van der Waals surface area contributed by atoms with E-state index in [-0.39, 0.29) is 17.1 Å². The Morgan fingerprint density at radius 3 is 2.07 bits per heavy atom. The molecular formula is C10H14F2O2. The number of alkyl halides is 2. The number of halogens is 2. The van der Waals surface area contributed by atoms with Crippen LogP contribution in [0.5, 0.6) is 0 Å². The van der Waals surface area contributed by atoms with Gasteiger partial charge in [-0.05, 0) is 18.8 Å². The minimum absolute atomic E-state index is 0.103. The van der Waals surface area contributed by atoms with Crippen molar-refractivity contribution in [3.05, 3.63) is 0 Å². The van der Waals surface area contributed by atoms with Crippen LogP contribution in [0.15, 0.2) is 0 Å². The van der Waals surface area contributed by atoms with Crippen LogP contribution in [-0.4, -0.2) is 18.0 Å². The Kier molecular flexibility index (Phi) is 2.74. The zero-order valence-corrected chi connectivity index (χ0v) is 8.51. The van der Waals surface area contributed by atoms with Crippen LogP contribution >= 0.6 is 0 Å². The highest BCUT2D eigenvalue weighted by Crippen LogP contribution is 2.53. The molecule has 1 saturated carbocycles. The average molecular weight is 204 g/mol. The van der Waals surface area contributed by atoms with Crippen molar-refractivity contribution in [1.82, 2.24) is 0 Å². The van der Waals surface area contributed by atoms with Crippen molar-refractivity contribution < 1.29 is 18.4 Å². The molecule has 1 rings (SSSR count). The molecule has 1 aliphatic rings. The Bertz CT molecular complexity index is 271. The second-order valence-electron chi connectivity index (χ2n) is 4.57. The van der Waals surface area contributed by atoms with Crippen molar-refractivity contribution in [1.29, 1.82) is 0 Å². The summed E-state index contributed by atoms with van der Waals surface area (Å²) >= 11 is 0. The van der Waals surface area contributed by atoms with Gasteiger partial charge in [0.2, 0.25) is 5.78 Å². The monoisotopic (exact) mass is 204 g/mol. The van der Waals surface area contributed by atoms with Crippen molar-refractivity contribution in [3.8, 4) is 0 Å². The number of hydrogen-bond donors (Lipinski definition) is 0. The van der Waals surface area contributed by atoms with Crippen LogP contribution in [0.25, 0.3) is 0 Å². The van der Waals surface area contributed by atoms with Crippen LogP contribution in [-0.2, 0) is 9.59 Å². The summed E-state index contributed by atoms with van der Waals surface area (Å²) in [4.78, 5) is 22.4. The highest BCUT2D eigenvalue weighted by atomic mass is 19.3. The SMILES string of the molecule is CC(C(=O)C(F)F)C(=O)C1CC1(C)C. The van der Waals surface area contributed by atoms with Crippen molar-refractivity contribution in [2.45, 2.75) is 33.6 Å². The van der Waals surface area contributed by atoms with Gasteiger partial charge >= 0.3 is 0 Å². The number of rotatable bonds is 4. The van der Waals surface area contributed by atoms with E-state index in [2.05, 4.69) is 0 Å². The number of Topliss-reactive ketones (excluding diaryl/α,β-unsaturated/α-hetero) is 2. The Morgan fingerprint density at radius 2 is 1.79 bits per heavy atom. The maximum absolute atomic E-state index is 12.0. The molecule has 0 aromatic carbocycles. The van der Waals surface area contributed by atoms with Crippen molar-refractivity contribution in [3.63, 3.8) is 0 Å². The first-order valence-electron chi connectivity index (χ1n) is 4.63. The zero-order chi connectivity index (χ0) is 11.1. The molecule has 0 radical (unpaired) electrons. The molecule has 0 saturated heterocycles. The third kappa shape index (κ3) is 1.99. The van der Waals surface area contributed by atoms with E-state index in [9.17, 15) is 18.4 Å².